The molecule has 0 aliphatic carbocycles. The monoisotopic (exact) mass is 284 g/mol. The number of carboxylic acids is 1. The fourth-order valence-electron chi connectivity index (χ4n) is 2.64. The summed E-state index contributed by atoms with van der Waals surface area (Å²) in [5.41, 5.74) is -0.854. The van der Waals surface area contributed by atoms with Crippen molar-refractivity contribution in [3.8, 4) is 0 Å². The van der Waals surface area contributed by atoms with Gasteiger partial charge in [0, 0.05) is 18.6 Å². The van der Waals surface area contributed by atoms with Crippen molar-refractivity contribution in [2.24, 2.45) is 5.41 Å². The van der Waals surface area contributed by atoms with Crippen molar-refractivity contribution in [2.75, 3.05) is 13.1 Å². The molecular weight excluding hydrogens is 256 g/mol. The first kappa shape index (κ1) is 16.8. The van der Waals surface area contributed by atoms with E-state index in [1.165, 1.54) is 0 Å². The lowest BCUT2D eigenvalue weighted by Gasteiger charge is -2.40. The van der Waals surface area contributed by atoms with Gasteiger partial charge in [0.2, 0.25) is 0 Å². The van der Waals surface area contributed by atoms with E-state index in [1.807, 2.05) is 27.7 Å². The van der Waals surface area contributed by atoms with Crippen LogP contribution < -0.4 is 5.32 Å². The highest BCUT2D eigenvalue weighted by atomic mass is 16.4. The lowest BCUT2D eigenvalue weighted by Crippen LogP contribution is -2.54. The van der Waals surface area contributed by atoms with Crippen molar-refractivity contribution in [3.05, 3.63) is 0 Å². The summed E-state index contributed by atoms with van der Waals surface area (Å²) in [5.74, 6) is -0.715. The molecule has 0 atom stereocenters. The van der Waals surface area contributed by atoms with E-state index in [1.54, 1.807) is 4.90 Å². The maximum Gasteiger partial charge on any atom is 0.317 e. The maximum atomic E-state index is 12.2. The van der Waals surface area contributed by atoms with Crippen LogP contribution >= 0.6 is 0 Å². The van der Waals surface area contributed by atoms with Crippen LogP contribution in [0.25, 0.3) is 0 Å². The number of piperidine rings is 1. The molecule has 0 spiro atoms. The van der Waals surface area contributed by atoms with E-state index in [2.05, 4.69) is 5.32 Å². The number of nitrogens with zero attached hydrogens (tertiary/aromatic N) is 1. The van der Waals surface area contributed by atoms with Crippen molar-refractivity contribution in [3.63, 3.8) is 0 Å². The minimum absolute atomic E-state index is 0.0765. The molecule has 1 aliphatic rings. The predicted molar refractivity (Wildman–Crippen MR) is 78.7 cm³/mol. The number of amides is 2. The van der Waals surface area contributed by atoms with Gasteiger partial charge in [-0.3, -0.25) is 4.79 Å². The number of hydrogen-bond donors (Lipinski definition) is 2. The minimum Gasteiger partial charge on any atom is -0.481 e. The van der Waals surface area contributed by atoms with Crippen LogP contribution in [0.2, 0.25) is 0 Å². The quantitative estimate of drug-likeness (QED) is 0.815. The molecule has 1 heterocycles. The van der Waals surface area contributed by atoms with Gasteiger partial charge in [-0.05, 0) is 39.5 Å². The van der Waals surface area contributed by atoms with Crippen LogP contribution in [0.15, 0.2) is 0 Å². The van der Waals surface area contributed by atoms with Gasteiger partial charge in [-0.15, -0.1) is 0 Å². The Bertz CT molecular complexity index is 358. The summed E-state index contributed by atoms with van der Waals surface area (Å²) in [6.45, 7) is 9.08. The van der Waals surface area contributed by atoms with E-state index in [0.29, 0.717) is 32.4 Å². The Balaban J connectivity index is 2.61. The second-order valence-corrected chi connectivity index (χ2v) is 6.49. The molecule has 1 saturated heterocycles. The van der Waals surface area contributed by atoms with E-state index >= 15 is 0 Å². The van der Waals surface area contributed by atoms with Crippen LogP contribution in [0.1, 0.15) is 59.8 Å². The van der Waals surface area contributed by atoms with E-state index in [4.69, 9.17) is 0 Å². The molecule has 0 bridgehead atoms. The van der Waals surface area contributed by atoms with Gasteiger partial charge in [0.15, 0.2) is 0 Å². The van der Waals surface area contributed by atoms with Crippen LogP contribution in [0.4, 0.5) is 4.79 Å². The predicted octanol–water partition coefficient (Wildman–Crippen LogP) is 2.85. The highest BCUT2D eigenvalue weighted by Gasteiger charge is 2.41. The third-order valence-corrected chi connectivity index (χ3v) is 4.52. The SMILES string of the molecule is CCCC1(C(=O)O)CCN(C(=O)NC(C)(C)CC)CC1. The van der Waals surface area contributed by atoms with E-state index in [0.717, 1.165) is 12.8 Å². The van der Waals surface area contributed by atoms with Crippen LogP contribution in [-0.2, 0) is 4.79 Å². The molecule has 5 nitrogen and oxygen atoms in total. The van der Waals surface area contributed by atoms with Crippen LogP contribution in [0.5, 0.6) is 0 Å². The Morgan fingerprint density at radius 3 is 2.20 bits per heavy atom. The smallest absolute Gasteiger partial charge is 0.317 e. The second kappa shape index (κ2) is 6.46. The Kier molecular flexibility index (Phi) is 5.42. The third-order valence-electron chi connectivity index (χ3n) is 4.52. The maximum absolute atomic E-state index is 12.2. The average molecular weight is 284 g/mol. The standard InChI is InChI=1S/C15H28N2O3/c1-5-7-15(12(18)19)8-10-17(11-9-15)13(20)16-14(3,4)6-2/h5-11H2,1-4H3,(H,16,20)(H,18,19). The van der Waals surface area contributed by atoms with Gasteiger partial charge in [0.05, 0.1) is 5.41 Å². The molecule has 0 aromatic heterocycles. The number of carboxylic acid groups (broad SMARTS) is 1. The molecule has 0 saturated carbocycles. The molecule has 0 radical (unpaired) electrons. The third kappa shape index (κ3) is 3.87. The Morgan fingerprint density at radius 2 is 1.80 bits per heavy atom. The first-order valence-corrected chi connectivity index (χ1v) is 7.57. The van der Waals surface area contributed by atoms with Crippen LogP contribution in [0.3, 0.4) is 0 Å². The number of nitrogens with one attached hydrogen (secondary N) is 1. The average Bonchev–Trinajstić information content (AvgIpc) is 2.39. The van der Waals surface area contributed by atoms with E-state index < -0.39 is 11.4 Å². The van der Waals surface area contributed by atoms with Crippen molar-refractivity contribution in [1.29, 1.82) is 0 Å². The summed E-state index contributed by atoms with van der Waals surface area (Å²) in [4.78, 5) is 25.4. The molecule has 2 amide bonds. The van der Waals surface area contributed by atoms with Crippen LogP contribution in [0, 0.1) is 5.41 Å². The molecule has 5 heteroatoms. The second-order valence-electron chi connectivity index (χ2n) is 6.49. The summed E-state index contributed by atoms with van der Waals surface area (Å²) < 4.78 is 0. The molecule has 0 unspecified atom stereocenters. The van der Waals surface area contributed by atoms with Crippen molar-refractivity contribution >= 4 is 12.0 Å². The summed E-state index contributed by atoms with van der Waals surface area (Å²) >= 11 is 0. The topological polar surface area (TPSA) is 69.6 Å². The fraction of sp³-hybridized carbons (Fsp3) is 0.867. The van der Waals surface area contributed by atoms with Gasteiger partial charge in [0.25, 0.3) is 0 Å². The molecule has 2 N–H and O–H groups in total. The van der Waals surface area contributed by atoms with Gasteiger partial charge in [0.1, 0.15) is 0 Å². The normalized spacial score (nSPS) is 18.7. The zero-order chi connectivity index (χ0) is 15.4. The highest BCUT2D eigenvalue weighted by molar-refractivity contribution is 5.77. The van der Waals surface area contributed by atoms with Crippen molar-refractivity contribution < 1.29 is 14.7 Å². The summed E-state index contributed by atoms with van der Waals surface area (Å²) in [5, 5.41) is 12.5. The van der Waals surface area contributed by atoms with Crippen molar-refractivity contribution in [2.45, 2.75) is 65.3 Å². The molecule has 0 aromatic rings. The number of carbonyl (C=O) groups is 2. The molecular formula is C15H28N2O3. The molecule has 0 aromatic carbocycles. The summed E-state index contributed by atoms with van der Waals surface area (Å²) in [7, 11) is 0. The summed E-state index contributed by atoms with van der Waals surface area (Å²) in [6, 6.07) is -0.0765. The molecule has 1 aliphatic heterocycles. The van der Waals surface area contributed by atoms with E-state index in [9.17, 15) is 14.7 Å². The number of urea groups is 1. The van der Waals surface area contributed by atoms with Crippen LogP contribution in [-0.4, -0.2) is 40.6 Å². The van der Waals surface area contributed by atoms with E-state index in [-0.39, 0.29) is 11.6 Å². The zero-order valence-electron chi connectivity index (χ0n) is 13.2. The molecule has 1 rings (SSSR count). The van der Waals surface area contributed by atoms with Gasteiger partial charge < -0.3 is 15.3 Å². The molecule has 116 valence electrons. The largest absolute Gasteiger partial charge is 0.481 e. The van der Waals surface area contributed by atoms with Crippen molar-refractivity contribution in [1.82, 2.24) is 10.2 Å². The number of likely N-dealkylation sites (tertiary alicyclic amines) is 1. The minimum atomic E-state index is -0.715. The molecule has 1 fully saturated rings. The fourth-order valence-corrected chi connectivity index (χ4v) is 2.64. The van der Waals surface area contributed by atoms with Gasteiger partial charge in [-0.2, -0.15) is 0 Å². The Hall–Kier alpha value is -1.26. The lowest BCUT2D eigenvalue weighted by molar-refractivity contribution is -0.152. The lowest BCUT2D eigenvalue weighted by atomic mass is 9.75. The Labute approximate surface area is 121 Å². The Morgan fingerprint density at radius 1 is 1.25 bits per heavy atom. The first-order valence-electron chi connectivity index (χ1n) is 7.57. The number of rotatable bonds is 5. The zero-order valence-corrected chi connectivity index (χ0v) is 13.2. The number of aliphatic carboxylic acids is 1. The number of carbonyl (C=O) groups excluding carboxylic acids is 1. The number of hydrogen-bond acceptors (Lipinski definition) is 2. The molecule has 20 heavy (non-hydrogen) atoms. The van der Waals surface area contributed by atoms with Gasteiger partial charge in [-0.25, -0.2) is 4.79 Å². The summed E-state index contributed by atoms with van der Waals surface area (Å²) in [6.07, 6.45) is 3.52. The first-order chi connectivity index (χ1) is 9.26. The van der Waals surface area contributed by atoms with Gasteiger partial charge >= 0.3 is 12.0 Å². The van der Waals surface area contributed by atoms with Gasteiger partial charge in [-0.1, -0.05) is 20.3 Å². The highest BCUT2D eigenvalue weighted by Crippen LogP contribution is 2.36.